The van der Waals surface area contributed by atoms with Crippen molar-refractivity contribution in [2.24, 2.45) is 0 Å². The van der Waals surface area contributed by atoms with Crippen LogP contribution in [0, 0.1) is 13.8 Å². The molecule has 0 saturated carbocycles. The number of halogens is 3. The van der Waals surface area contributed by atoms with Gasteiger partial charge in [0.2, 0.25) is 0 Å². The second-order valence-corrected chi connectivity index (χ2v) is 4.75. The van der Waals surface area contributed by atoms with Crippen LogP contribution in [0.4, 0.5) is 8.78 Å². The first kappa shape index (κ1) is 13.2. The highest BCUT2D eigenvalue weighted by Crippen LogP contribution is 2.28. The summed E-state index contributed by atoms with van der Waals surface area (Å²) in [7, 11) is 0. The van der Waals surface area contributed by atoms with Crippen molar-refractivity contribution < 1.29 is 8.78 Å². The Morgan fingerprint density at radius 1 is 1.33 bits per heavy atom. The molecule has 0 spiro atoms. The summed E-state index contributed by atoms with van der Waals surface area (Å²) in [5.41, 5.74) is 3.20. The molecule has 18 heavy (non-hydrogen) atoms. The molecule has 2 rings (SSSR count). The van der Waals surface area contributed by atoms with Crippen molar-refractivity contribution in [3.63, 3.8) is 0 Å². The van der Waals surface area contributed by atoms with Gasteiger partial charge in [-0.05, 0) is 25.5 Å². The fourth-order valence-corrected chi connectivity index (χ4v) is 2.39. The molecule has 0 amide bonds. The summed E-state index contributed by atoms with van der Waals surface area (Å²) in [6, 6.07) is 5.68. The largest absolute Gasteiger partial charge is 0.280 e. The highest BCUT2D eigenvalue weighted by molar-refractivity contribution is 9.08. The zero-order chi connectivity index (χ0) is 13.3. The Morgan fingerprint density at radius 3 is 2.61 bits per heavy atom. The molecule has 2 aromatic rings. The van der Waals surface area contributed by atoms with Crippen LogP contribution < -0.4 is 0 Å². The maximum atomic E-state index is 13.1. The molecule has 1 aromatic carbocycles. The lowest BCUT2D eigenvalue weighted by Gasteiger charge is -2.11. The van der Waals surface area contributed by atoms with E-state index >= 15 is 0 Å². The van der Waals surface area contributed by atoms with Gasteiger partial charge in [-0.15, -0.1) is 0 Å². The first-order chi connectivity index (χ1) is 8.54. The topological polar surface area (TPSA) is 17.8 Å². The van der Waals surface area contributed by atoms with Gasteiger partial charge >= 0.3 is 0 Å². The highest BCUT2D eigenvalue weighted by atomic mass is 79.9. The highest BCUT2D eigenvalue weighted by Gasteiger charge is 2.20. The average Bonchev–Trinajstić information content (AvgIpc) is 2.72. The third kappa shape index (κ3) is 2.32. The first-order valence-electron chi connectivity index (χ1n) is 5.53. The van der Waals surface area contributed by atoms with Crippen LogP contribution in [0.3, 0.4) is 0 Å². The van der Waals surface area contributed by atoms with E-state index in [-0.39, 0.29) is 5.69 Å². The predicted octanol–water partition coefficient (Wildman–Crippen LogP) is 4.32. The van der Waals surface area contributed by atoms with Crippen LogP contribution >= 0.6 is 15.9 Å². The predicted molar refractivity (Wildman–Crippen MR) is 70.6 cm³/mol. The molecule has 0 radical (unpaired) electrons. The summed E-state index contributed by atoms with van der Waals surface area (Å²) < 4.78 is 27.6. The Hall–Kier alpha value is -1.23. The third-order valence-electron chi connectivity index (χ3n) is 2.82. The molecule has 96 valence electrons. The van der Waals surface area contributed by atoms with Gasteiger partial charge in [0.15, 0.2) is 0 Å². The Labute approximate surface area is 113 Å². The van der Waals surface area contributed by atoms with E-state index in [1.54, 1.807) is 0 Å². The molecule has 0 N–H and O–H groups in total. The number of rotatable bonds is 3. The van der Waals surface area contributed by atoms with Gasteiger partial charge in [0.25, 0.3) is 6.43 Å². The summed E-state index contributed by atoms with van der Waals surface area (Å²) >= 11 is 3.21. The normalized spacial score (nSPS) is 11.2. The van der Waals surface area contributed by atoms with E-state index in [0.29, 0.717) is 16.6 Å². The van der Waals surface area contributed by atoms with Crippen molar-refractivity contribution in [1.82, 2.24) is 9.78 Å². The zero-order valence-electron chi connectivity index (χ0n) is 10.1. The van der Waals surface area contributed by atoms with Gasteiger partial charge < -0.3 is 0 Å². The lowest BCUT2D eigenvalue weighted by atomic mass is 10.1. The van der Waals surface area contributed by atoms with Gasteiger partial charge in [0, 0.05) is 10.9 Å². The van der Waals surface area contributed by atoms with Crippen molar-refractivity contribution in [1.29, 1.82) is 0 Å². The Bertz CT molecular complexity index is 564. The Balaban J connectivity index is 2.60. The minimum atomic E-state index is -2.54. The monoisotopic (exact) mass is 314 g/mol. The molecule has 1 heterocycles. The molecular weight excluding hydrogens is 302 g/mol. The van der Waals surface area contributed by atoms with Crippen LogP contribution in [-0.4, -0.2) is 9.78 Å². The molecule has 2 nitrogen and oxygen atoms in total. The standard InChI is InChI=1S/C13H13BrF2N2/c1-8-3-4-11(9(2)5-8)18-12(13(15)16)10(6-14)7-17-18/h3-5,7,13H,6H2,1-2H3. The molecule has 0 atom stereocenters. The molecule has 0 aliphatic heterocycles. The van der Waals surface area contributed by atoms with Crippen molar-refractivity contribution in [3.05, 3.63) is 46.8 Å². The van der Waals surface area contributed by atoms with Gasteiger partial charge in [-0.25, -0.2) is 13.5 Å². The summed E-state index contributed by atoms with van der Waals surface area (Å²) in [5, 5.41) is 4.45. The molecule has 0 bridgehead atoms. The number of hydrogen-bond donors (Lipinski definition) is 0. The lowest BCUT2D eigenvalue weighted by Crippen LogP contribution is -2.05. The average molecular weight is 315 g/mol. The number of aryl methyl sites for hydroxylation is 2. The van der Waals surface area contributed by atoms with Crippen molar-refractivity contribution in [2.75, 3.05) is 0 Å². The van der Waals surface area contributed by atoms with Crippen LogP contribution in [0.15, 0.2) is 24.4 Å². The first-order valence-corrected chi connectivity index (χ1v) is 6.65. The summed E-state index contributed by atoms with van der Waals surface area (Å²) in [6.45, 7) is 3.87. The second kappa shape index (κ2) is 5.18. The Kier molecular flexibility index (Phi) is 3.80. The van der Waals surface area contributed by atoms with E-state index in [4.69, 9.17) is 0 Å². The number of aromatic nitrogens is 2. The number of nitrogens with zero attached hydrogens (tertiary/aromatic N) is 2. The lowest BCUT2D eigenvalue weighted by molar-refractivity contribution is 0.142. The van der Waals surface area contributed by atoms with Crippen LogP contribution in [0.1, 0.15) is 28.8 Å². The number of alkyl halides is 3. The molecule has 0 fully saturated rings. The minimum absolute atomic E-state index is 0.0428. The van der Waals surface area contributed by atoms with E-state index in [0.717, 1.165) is 11.1 Å². The van der Waals surface area contributed by atoms with Gasteiger partial charge in [0.05, 0.1) is 11.9 Å². The molecule has 1 aromatic heterocycles. The van der Waals surface area contributed by atoms with E-state index in [1.165, 1.54) is 10.9 Å². The van der Waals surface area contributed by atoms with E-state index < -0.39 is 6.43 Å². The minimum Gasteiger partial charge on any atom is -0.231 e. The van der Waals surface area contributed by atoms with Gasteiger partial charge in [0.1, 0.15) is 5.69 Å². The van der Waals surface area contributed by atoms with Crippen LogP contribution in [0.5, 0.6) is 0 Å². The van der Waals surface area contributed by atoms with Gasteiger partial charge in [-0.1, -0.05) is 33.6 Å². The van der Waals surface area contributed by atoms with Crippen molar-refractivity contribution in [2.45, 2.75) is 25.6 Å². The van der Waals surface area contributed by atoms with Crippen LogP contribution in [-0.2, 0) is 5.33 Å². The summed E-state index contributed by atoms with van der Waals surface area (Å²) in [4.78, 5) is 0. The second-order valence-electron chi connectivity index (χ2n) is 4.19. The van der Waals surface area contributed by atoms with Crippen molar-refractivity contribution in [3.8, 4) is 5.69 Å². The summed E-state index contributed by atoms with van der Waals surface area (Å²) in [5.74, 6) is 0. The smallest absolute Gasteiger partial charge is 0.231 e. The maximum absolute atomic E-state index is 13.1. The fourth-order valence-electron chi connectivity index (χ4n) is 1.96. The van der Waals surface area contributed by atoms with E-state index in [9.17, 15) is 8.78 Å². The number of benzene rings is 1. The van der Waals surface area contributed by atoms with Crippen molar-refractivity contribution >= 4 is 15.9 Å². The molecule has 0 aliphatic rings. The molecule has 0 aliphatic carbocycles. The van der Waals surface area contributed by atoms with Gasteiger partial charge in [-0.2, -0.15) is 5.10 Å². The van der Waals surface area contributed by atoms with Gasteiger partial charge in [-0.3, -0.25) is 0 Å². The molecule has 5 heteroatoms. The quantitative estimate of drug-likeness (QED) is 0.771. The number of hydrogen-bond acceptors (Lipinski definition) is 1. The fraction of sp³-hybridized carbons (Fsp3) is 0.308. The SMILES string of the molecule is Cc1ccc(-n2ncc(CBr)c2C(F)F)c(C)c1. The molecular formula is C13H13BrF2N2. The van der Waals surface area contributed by atoms with Crippen LogP contribution in [0.2, 0.25) is 0 Å². The maximum Gasteiger partial charge on any atom is 0.280 e. The van der Waals surface area contributed by atoms with E-state index in [2.05, 4.69) is 21.0 Å². The third-order valence-corrected chi connectivity index (χ3v) is 3.42. The Morgan fingerprint density at radius 2 is 2.06 bits per heavy atom. The van der Waals surface area contributed by atoms with Crippen LogP contribution in [0.25, 0.3) is 5.69 Å². The molecule has 0 saturated heterocycles. The zero-order valence-corrected chi connectivity index (χ0v) is 11.7. The molecule has 0 unspecified atom stereocenters. The van der Waals surface area contributed by atoms with E-state index in [1.807, 2.05) is 32.0 Å². The summed E-state index contributed by atoms with van der Waals surface area (Å²) in [6.07, 6.45) is -1.06.